The molecule has 0 aromatic heterocycles. The molecule has 2 fully saturated rings. The van der Waals surface area contributed by atoms with E-state index in [2.05, 4.69) is 54.0 Å². The van der Waals surface area contributed by atoms with Gasteiger partial charge in [0.1, 0.15) is 0 Å². The molecule has 2 aromatic rings. The molecule has 2 unspecified atom stereocenters. The van der Waals surface area contributed by atoms with Crippen molar-refractivity contribution in [2.75, 3.05) is 19.6 Å². The number of carbonyl (C=O) groups excluding carboxylic acids is 1. The molecule has 1 amide bonds. The normalized spacial score (nSPS) is 23.5. The molecule has 4 heteroatoms. The molecule has 2 aromatic carbocycles. The molecular weight excluding hydrogens is 372 g/mol. The molecule has 0 saturated carbocycles. The van der Waals surface area contributed by atoms with Crippen molar-refractivity contribution in [3.63, 3.8) is 0 Å². The van der Waals surface area contributed by atoms with E-state index in [0.717, 1.165) is 68.4 Å². The first-order chi connectivity index (χ1) is 14.5. The van der Waals surface area contributed by atoms with Crippen LogP contribution in [0, 0.1) is 13.8 Å². The molecule has 0 aliphatic carbocycles. The van der Waals surface area contributed by atoms with Crippen LogP contribution >= 0.6 is 0 Å². The van der Waals surface area contributed by atoms with Gasteiger partial charge in [0.2, 0.25) is 0 Å². The summed E-state index contributed by atoms with van der Waals surface area (Å²) < 4.78 is 0. The Morgan fingerprint density at radius 2 is 1.63 bits per heavy atom. The number of amides is 1. The van der Waals surface area contributed by atoms with Gasteiger partial charge in [-0.05, 0) is 63.6 Å². The lowest BCUT2D eigenvalue weighted by molar-refractivity contribution is 0.0204. The number of hydrogen-bond acceptors (Lipinski definition) is 3. The molecule has 2 aliphatic rings. The average Bonchev–Trinajstić information content (AvgIpc) is 2.74. The zero-order chi connectivity index (χ0) is 21.1. The summed E-state index contributed by atoms with van der Waals surface area (Å²) in [4.78, 5) is 18.2. The average molecular weight is 407 g/mol. The summed E-state index contributed by atoms with van der Waals surface area (Å²) in [6.45, 7) is 6.85. The van der Waals surface area contributed by atoms with Crippen molar-refractivity contribution in [3.05, 3.63) is 70.8 Å². The van der Waals surface area contributed by atoms with Gasteiger partial charge in [-0.15, -0.1) is 0 Å². The van der Waals surface area contributed by atoms with E-state index in [-0.39, 0.29) is 18.1 Å². The van der Waals surface area contributed by atoms with E-state index < -0.39 is 0 Å². The molecule has 2 aliphatic heterocycles. The predicted molar refractivity (Wildman–Crippen MR) is 121 cm³/mol. The molecule has 2 saturated heterocycles. The Bertz CT molecular complexity index is 838. The number of rotatable bonds is 4. The monoisotopic (exact) mass is 406 g/mol. The molecular formula is C26H34N2O2. The van der Waals surface area contributed by atoms with Crippen molar-refractivity contribution in [3.8, 4) is 0 Å². The van der Waals surface area contributed by atoms with Crippen molar-refractivity contribution >= 4 is 5.91 Å². The molecule has 1 N–H and O–H groups in total. The summed E-state index contributed by atoms with van der Waals surface area (Å²) in [5.41, 5.74) is 4.37. The van der Waals surface area contributed by atoms with E-state index in [1.165, 1.54) is 5.56 Å². The molecule has 0 spiro atoms. The summed E-state index contributed by atoms with van der Waals surface area (Å²) in [6, 6.07) is 17.4. The van der Waals surface area contributed by atoms with Gasteiger partial charge in [-0.3, -0.25) is 4.79 Å². The van der Waals surface area contributed by atoms with E-state index in [0.29, 0.717) is 6.04 Å². The van der Waals surface area contributed by atoms with Gasteiger partial charge >= 0.3 is 0 Å². The Hall–Kier alpha value is -2.17. The van der Waals surface area contributed by atoms with Crippen LogP contribution in [0.25, 0.3) is 0 Å². The van der Waals surface area contributed by atoms with Crippen LogP contribution in [-0.2, 0) is 6.42 Å². The van der Waals surface area contributed by atoms with E-state index in [9.17, 15) is 9.90 Å². The van der Waals surface area contributed by atoms with E-state index in [4.69, 9.17) is 0 Å². The highest BCUT2D eigenvalue weighted by Crippen LogP contribution is 2.28. The van der Waals surface area contributed by atoms with E-state index in [1.807, 2.05) is 18.2 Å². The van der Waals surface area contributed by atoms with Crippen LogP contribution in [0.15, 0.2) is 48.5 Å². The van der Waals surface area contributed by atoms with Gasteiger partial charge in [0.25, 0.3) is 5.91 Å². The third-order valence-electron chi connectivity index (χ3n) is 6.75. The highest BCUT2D eigenvalue weighted by molar-refractivity contribution is 5.95. The summed E-state index contributed by atoms with van der Waals surface area (Å²) in [7, 11) is 0. The van der Waals surface area contributed by atoms with Gasteiger partial charge in [0, 0.05) is 37.3 Å². The molecule has 4 nitrogen and oxygen atoms in total. The van der Waals surface area contributed by atoms with Crippen LogP contribution in [0.3, 0.4) is 0 Å². The third kappa shape index (κ3) is 4.93. The minimum Gasteiger partial charge on any atom is -0.393 e. The Morgan fingerprint density at radius 3 is 2.30 bits per heavy atom. The first-order valence-electron chi connectivity index (χ1n) is 11.3. The predicted octanol–water partition coefficient (Wildman–Crippen LogP) is 3.98. The number of carbonyl (C=O) groups is 1. The maximum atomic E-state index is 13.5. The van der Waals surface area contributed by atoms with Crippen LogP contribution in [0.5, 0.6) is 0 Å². The Kier molecular flexibility index (Phi) is 6.55. The topological polar surface area (TPSA) is 43.8 Å². The van der Waals surface area contributed by atoms with Crippen molar-refractivity contribution in [2.24, 2.45) is 0 Å². The lowest BCUT2D eigenvalue weighted by Gasteiger charge is -2.45. The van der Waals surface area contributed by atoms with Gasteiger partial charge < -0.3 is 14.9 Å². The zero-order valence-corrected chi connectivity index (χ0v) is 18.3. The van der Waals surface area contributed by atoms with Crippen molar-refractivity contribution in [1.29, 1.82) is 0 Å². The second-order valence-corrected chi connectivity index (χ2v) is 9.16. The standard InChI is InChI=1S/C26H34N2O2/c1-19-14-20(2)16-22(15-19)26(30)28-13-8-23(27-11-9-25(29)10-12-27)18-24(28)17-21-6-4-3-5-7-21/h3-7,14-16,23-25,29H,8-13,17-18H2,1-2H3. The number of benzene rings is 2. The number of aliphatic hydroxyl groups is 1. The highest BCUT2D eigenvalue weighted by Gasteiger charge is 2.35. The zero-order valence-electron chi connectivity index (χ0n) is 18.3. The number of likely N-dealkylation sites (tertiary alicyclic amines) is 2. The molecule has 30 heavy (non-hydrogen) atoms. The van der Waals surface area contributed by atoms with Crippen molar-refractivity contribution in [1.82, 2.24) is 9.80 Å². The second-order valence-electron chi connectivity index (χ2n) is 9.16. The molecule has 2 heterocycles. The van der Waals surface area contributed by atoms with Crippen molar-refractivity contribution in [2.45, 2.75) is 64.1 Å². The van der Waals surface area contributed by atoms with Crippen molar-refractivity contribution < 1.29 is 9.90 Å². The van der Waals surface area contributed by atoms with Gasteiger partial charge in [0.05, 0.1) is 6.10 Å². The quantitative estimate of drug-likeness (QED) is 0.835. The largest absolute Gasteiger partial charge is 0.393 e. The minimum atomic E-state index is -0.146. The lowest BCUT2D eigenvalue weighted by atomic mass is 9.89. The first kappa shape index (κ1) is 21.1. The lowest BCUT2D eigenvalue weighted by Crippen LogP contribution is -2.54. The Balaban J connectivity index is 1.54. The number of aryl methyl sites for hydroxylation is 2. The molecule has 0 bridgehead atoms. The fraction of sp³-hybridized carbons (Fsp3) is 0.500. The van der Waals surface area contributed by atoms with Crippen LogP contribution in [0.1, 0.15) is 52.7 Å². The summed E-state index contributed by atoms with van der Waals surface area (Å²) in [5.74, 6) is 0.162. The summed E-state index contributed by atoms with van der Waals surface area (Å²) >= 11 is 0. The van der Waals surface area contributed by atoms with E-state index >= 15 is 0 Å². The van der Waals surface area contributed by atoms with Crippen LogP contribution in [0.4, 0.5) is 0 Å². The van der Waals surface area contributed by atoms with E-state index in [1.54, 1.807) is 0 Å². The minimum absolute atomic E-state index is 0.146. The SMILES string of the molecule is Cc1cc(C)cc(C(=O)N2CCC(N3CCC(O)CC3)CC2Cc2ccccc2)c1. The second kappa shape index (κ2) is 9.32. The van der Waals surface area contributed by atoms with Gasteiger partial charge in [-0.2, -0.15) is 0 Å². The summed E-state index contributed by atoms with van der Waals surface area (Å²) in [5, 5.41) is 9.88. The molecule has 0 radical (unpaired) electrons. The number of piperidine rings is 2. The molecule has 160 valence electrons. The van der Waals surface area contributed by atoms with Gasteiger partial charge in [-0.25, -0.2) is 0 Å². The fourth-order valence-electron chi connectivity index (χ4n) is 5.22. The fourth-order valence-corrected chi connectivity index (χ4v) is 5.22. The van der Waals surface area contributed by atoms with Crippen LogP contribution in [-0.4, -0.2) is 58.6 Å². The Morgan fingerprint density at radius 1 is 0.967 bits per heavy atom. The van der Waals surface area contributed by atoms with Gasteiger partial charge in [0.15, 0.2) is 0 Å². The molecule has 2 atom stereocenters. The first-order valence-corrected chi connectivity index (χ1v) is 11.3. The number of aliphatic hydroxyl groups excluding tert-OH is 1. The highest BCUT2D eigenvalue weighted by atomic mass is 16.3. The van der Waals surface area contributed by atoms with Crippen LogP contribution < -0.4 is 0 Å². The third-order valence-corrected chi connectivity index (χ3v) is 6.75. The number of nitrogens with zero attached hydrogens (tertiary/aromatic N) is 2. The molecule has 4 rings (SSSR count). The maximum Gasteiger partial charge on any atom is 0.254 e. The smallest absolute Gasteiger partial charge is 0.254 e. The van der Waals surface area contributed by atoms with Gasteiger partial charge in [-0.1, -0.05) is 47.5 Å². The Labute approximate surface area is 180 Å². The number of hydrogen-bond donors (Lipinski definition) is 1. The summed E-state index contributed by atoms with van der Waals surface area (Å²) in [6.07, 6.45) is 4.49. The maximum absolute atomic E-state index is 13.5. The van der Waals surface area contributed by atoms with Crippen LogP contribution in [0.2, 0.25) is 0 Å².